The summed E-state index contributed by atoms with van der Waals surface area (Å²) >= 11 is 7.53. The maximum Gasteiger partial charge on any atom is 0.332 e. The Morgan fingerprint density at radius 3 is 2.47 bits per heavy atom. The fourth-order valence-corrected chi connectivity index (χ4v) is 8.95. The molecule has 6 heterocycles. The van der Waals surface area contributed by atoms with E-state index in [2.05, 4.69) is 45.2 Å². The predicted molar refractivity (Wildman–Crippen MR) is 223 cm³/mol. The van der Waals surface area contributed by atoms with Crippen molar-refractivity contribution in [3.8, 4) is 5.69 Å². The lowest BCUT2D eigenvalue weighted by atomic mass is 10.1. The van der Waals surface area contributed by atoms with Gasteiger partial charge in [0, 0.05) is 75.7 Å². The summed E-state index contributed by atoms with van der Waals surface area (Å²) in [4.78, 5) is 75.3. The smallest absolute Gasteiger partial charge is 0.332 e. The summed E-state index contributed by atoms with van der Waals surface area (Å²) in [6.45, 7) is 9.73. The lowest BCUT2D eigenvalue weighted by Crippen LogP contribution is -2.49. The number of carbonyl (C=O) groups excluding carboxylic acids is 2. The van der Waals surface area contributed by atoms with E-state index in [1.807, 2.05) is 56.3 Å². The average Bonchev–Trinajstić information content (AvgIpc) is 3.95. The first-order valence-electron chi connectivity index (χ1n) is 19.2. The lowest BCUT2D eigenvalue weighted by Gasteiger charge is -2.36. The monoisotopic (exact) mass is 809 g/mol. The average molecular weight is 810 g/mol. The number of likely N-dealkylation sites (tertiary alicyclic amines) is 1. The van der Waals surface area contributed by atoms with E-state index in [9.17, 15) is 19.2 Å². The summed E-state index contributed by atoms with van der Waals surface area (Å²) in [5, 5.41) is 7.17. The van der Waals surface area contributed by atoms with Crippen LogP contribution in [-0.2, 0) is 4.79 Å². The SMILES string of the molecule is Cc1nc(Nc2ncc(C(=O)Nc3c(C)cccc3Cl)s2)cc(N2CCN(CCCCC(=O)N3CC4CC3CN4c3ccc(-n4ccc(=O)[nH]c4=O)cc3)CC2)n1. The summed E-state index contributed by atoms with van der Waals surface area (Å²) in [5.41, 5.74) is 2.33. The minimum absolute atomic E-state index is 0.216. The molecule has 0 radical (unpaired) electrons. The van der Waals surface area contributed by atoms with Gasteiger partial charge in [-0.3, -0.25) is 28.8 Å². The van der Waals surface area contributed by atoms with Gasteiger partial charge in [0.15, 0.2) is 5.13 Å². The third-order valence-electron chi connectivity index (χ3n) is 10.9. The Morgan fingerprint density at radius 1 is 0.947 bits per heavy atom. The van der Waals surface area contributed by atoms with Crippen LogP contribution >= 0.6 is 22.9 Å². The largest absolute Gasteiger partial charge is 0.365 e. The molecule has 296 valence electrons. The van der Waals surface area contributed by atoms with Crippen molar-refractivity contribution in [1.82, 2.24) is 34.3 Å². The number of nitrogens with one attached hydrogen (secondary N) is 3. The minimum Gasteiger partial charge on any atom is -0.365 e. The maximum absolute atomic E-state index is 13.3. The summed E-state index contributed by atoms with van der Waals surface area (Å²) in [5.74, 6) is 2.06. The van der Waals surface area contributed by atoms with E-state index >= 15 is 0 Å². The van der Waals surface area contributed by atoms with E-state index in [0.717, 1.165) is 82.1 Å². The van der Waals surface area contributed by atoms with Crippen LogP contribution in [0.2, 0.25) is 5.02 Å². The molecule has 2 unspecified atom stereocenters. The number of amides is 2. The standard InChI is InChI=1S/C40H44ClN11O4S/c1-25-6-5-7-31(41)37(25)47-38(55)32-22-42-39(57-32)45-33-21-34(44-26(2)43-33)49-18-16-48(17-19-49)14-4-3-8-36(54)52-24-29-20-30(52)23-51(29)28-11-9-27(10-12-28)50-15-13-35(53)46-40(50)56/h5-7,9-13,15,21-22,29-30H,3-4,8,14,16-20,23-24H2,1-2H3,(H,47,55)(H,46,53,56)(H,42,43,44,45). The highest BCUT2D eigenvalue weighted by atomic mass is 35.5. The van der Waals surface area contributed by atoms with Crippen LogP contribution in [0.5, 0.6) is 0 Å². The highest BCUT2D eigenvalue weighted by Crippen LogP contribution is 2.35. The maximum atomic E-state index is 13.3. The number of halogens is 1. The van der Waals surface area contributed by atoms with Crippen molar-refractivity contribution in [3.63, 3.8) is 0 Å². The second kappa shape index (κ2) is 16.5. The molecular formula is C40H44ClN11O4S. The van der Waals surface area contributed by atoms with Crippen molar-refractivity contribution in [1.29, 1.82) is 0 Å². The van der Waals surface area contributed by atoms with Gasteiger partial charge in [-0.2, -0.15) is 0 Å². The second-order valence-corrected chi connectivity index (χ2v) is 16.2. The normalized spacial score (nSPS) is 18.0. The van der Waals surface area contributed by atoms with Crippen LogP contribution in [0.15, 0.2) is 76.6 Å². The highest BCUT2D eigenvalue weighted by molar-refractivity contribution is 7.17. The van der Waals surface area contributed by atoms with Gasteiger partial charge in [0.2, 0.25) is 5.91 Å². The molecule has 0 aliphatic carbocycles. The van der Waals surface area contributed by atoms with E-state index in [-0.39, 0.29) is 23.9 Å². The minimum atomic E-state index is -0.468. The van der Waals surface area contributed by atoms with Gasteiger partial charge in [0.05, 0.1) is 28.6 Å². The Labute approximate surface area is 338 Å². The Balaban J connectivity index is 0.759. The van der Waals surface area contributed by atoms with Crippen LogP contribution < -0.4 is 31.7 Å². The second-order valence-electron chi connectivity index (χ2n) is 14.7. The van der Waals surface area contributed by atoms with Crippen LogP contribution in [-0.4, -0.2) is 104 Å². The molecule has 2 amide bonds. The molecule has 57 heavy (non-hydrogen) atoms. The van der Waals surface area contributed by atoms with E-state index in [1.165, 1.54) is 34.4 Å². The number of rotatable bonds is 12. The topological polar surface area (TPSA) is 165 Å². The van der Waals surface area contributed by atoms with Crippen molar-refractivity contribution in [3.05, 3.63) is 109 Å². The summed E-state index contributed by atoms with van der Waals surface area (Å²) in [6, 6.07) is 17.0. The molecule has 3 N–H and O–H groups in total. The third-order valence-corrected chi connectivity index (χ3v) is 12.1. The number of carbonyl (C=O) groups is 2. The number of hydrogen-bond donors (Lipinski definition) is 3. The highest BCUT2D eigenvalue weighted by Gasteiger charge is 2.45. The molecule has 0 spiro atoms. The van der Waals surface area contributed by atoms with Crippen molar-refractivity contribution in [2.75, 3.05) is 66.2 Å². The van der Waals surface area contributed by atoms with Crippen molar-refractivity contribution < 1.29 is 9.59 Å². The van der Waals surface area contributed by atoms with Gasteiger partial charge in [-0.1, -0.05) is 35.1 Å². The van der Waals surface area contributed by atoms with E-state index < -0.39 is 11.2 Å². The van der Waals surface area contributed by atoms with Gasteiger partial charge < -0.3 is 25.3 Å². The number of H-pyrrole nitrogens is 1. The number of hydrogen-bond acceptors (Lipinski definition) is 12. The van der Waals surface area contributed by atoms with Crippen LogP contribution in [0.25, 0.3) is 5.69 Å². The molecule has 2 bridgehead atoms. The zero-order valence-corrected chi connectivity index (χ0v) is 33.4. The molecule has 2 aromatic carbocycles. The van der Waals surface area contributed by atoms with Crippen LogP contribution in [0, 0.1) is 13.8 Å². The van der Waals surface area contributed by atoms with E-state index in [1.54, 1.807) is 6.07 Å². The molecule has 8 rings (SSSR count). The number of aromatic nitrogens is 5. The number of aromatic amines is 1. The molecule has 5 aromatic rings. The quantitative estimate of drug-likeness (QED) is 0.148. The van der Waals surface area contributed by atoms with Crippen molar-refractivity contribution in [2.45, 2.75) is 51.6 Å². The fourth-order valence-electron chi connectivity index (χ4n) is 7.96. The van der Waals surface area contributed by atoms with Gasteiger partial charge >= 0.3 is 5.69 Å². The number of unbranched alkanes of at least 4 members (excludes halogenated alkanes) is 1. The fraction of sp³-hybridized carbons (Fsp3) is 0.375. The van der Waals surface area contributed by atoms with Gasteiger partial charge in [-0.15, -0.1) is 0 Å². The number of para-hydroxylation sites is 1. The molecule has 3 aliphatic rings. The number of benzene rings is 2. The first-order valence-corrected chi connectivity index (χ1v) is 20.4. The Bertz CT molecular complexity index is 2370. The number of aryl methyl sites for hydroxylation is 2. The zero-order valence-electron chi connectivity index (χ0n) is 31.8. The molecule has 3 fully saturated rings. The van der Waals surface area contributed by atoms with Gasteiger partial charge in [0.25, 0.3) is 11.5 Å². The molecule has 0 saturated carbocycles. The number of piperazine rings is 2. The van der Waals surface area contributed by atoms with E-state index in [0.29, 0.717) is 44.5 Å². The number of anilines is 5. The van der Waals surface area contributed by atoms with Crippen LogP contribution in [0.1, 0.15) is 46.7 Å². The molecule has 3 aromatic heterocycles. The Hall–Kier alpha value is -5.58. The molecule has 3 saturated heterocycles. The molecular weight excluding hydrogens is 766 g/mol. The summed E-state index contributed by atoms with van der Waals surface area (Å²) in [6.07, 6.45) is 6.38. The molecule has 3 aliphatic heterocycles. The van der Waals surface area contributed by atoms with Gasteiger partial charge in [-0.05, 0) is 75.5 Å². The van der Waals surface area contributed by atoms with Crippen molar-refractivity contribution >= 4 is 62.9 Å². The Morgan fingerprint density at radius 2 is 1.74 bits per heavy atom. The lowest BCUT2D eigenvalue weighted by molar-refractivity contribution is -0.132. The van der Waals surface area contributed by atoms with Crippen LogP contribution in [0.4, 0.5) is 28.1 Å². The third kappa shape index (κ3) is 8.57. The summed E-state index contributed by atoms with van der Waals surface area (Å²) in [7, 11) is 0. The van der Waals surface area contributed by atoms with Crippen molar-refractivity contribution in [2.24, 2.45) is 0 Å². The summed E-state index contributed by atoms with van der Waals surface area (Å²) < 4.78 is 1.41. The zero-order chi connectivity index (χ0) is 39.6. The van der Waals surface area contributed by atoms with Crippen LogP contribution in [0.3, 0.4) is 0 Å². The molecule has 15 nitrogen and oxygen atoms in total. The predicted octanol–water partition coefficient (Wildman–Crippen LogP) is 4.82. The van der Waals surface area contributed by atoms with Gasteiger partial charge in [0.1, 0.15) is 22.3 Å². The number of nitrogens with zero attached hydrogens (tertiary/aromatic N) is 8. The molecule has 17 heteroatoms. The Kier molecular flexibility index (Phi) is 11.1. The number of fused-ring (bicyclic) bond motifs is 2. The molecule has 2 atom stereocenters. The first-order chi connectivity index (χ1) is 27.6. The van der Waals surface area contributed by atoms with Gasteiger partial charge in [-0.25, -0.2) is 19.7 Å². The van der Waals surface area contributed by atoms with E-state index in [4.69, 9.17) is 16.6 Å². The number of thiazole rings is 1. The first kappa shape index (κ1) is 38.3.